The quantitative estimate of drug-likeness (QED) is 0.912. The maximum Gasteiger partial charge on any atom is 0.251 e. The van der Waals surface area contributed by atoms with Crippen LogP contribution in [0.1, 0.15) is 5.56 Å². The van der Waals surface area contributed by atoms with Crippen molar-refractivity contribution in [2.24, 2.45) is 0 Å². The van der Waals surface area contributed by atoms with Crippen molar-refractivity contribution in [2.75, 3.05) is 24.6 Å². The minimum atomic E-state index is -0.474. The average molecular weight is 298 g/mol. The molecule has 1 amide bonds. The van der Waals surface area contributed by atoms with E-state index in [1.807, 2.05) is 30.3 Å². The van der Waals surface area contributed by atoms with Crippen molar-refractivity contribution >= 4 is 11.6 Å². The summed E-state index contributed by atoms with van der Waals surface area (Å²) in [6.45, 7) is 2.26. The van der Waals surface area contributed by atoms with Crippen LogP contribution in [0.15, 0.2) is 49.1 Å². The van der Waals surface area contributed by atoms with Crippen LogP contribution in [0, 0.1) is 0 Å². The minimum absolute atomic E-state index is 0.0922. The maximum atomic E-state index is 12.3. The summed E-state index contributed by atoms with van der Waals surface area (Å²) >= 11 is 0. The van der Waals surface area contributed by atoms with Gasteiger partial charge in [-0.2, -0.15) is 0 Å². The molecule has 3 rings (SSSR count). The smallest absolute Gasteiger partial charge is 0.251 e. The highest BCUT2D eigenvalue weighted by Gasteiger charge is 2.26. The summed E-state index contributed by atoms with van der Waals surface area (Å²) in [5.41, 5.74) is 1.98. The lowest BCUT2D eigenvalue weighted by Gasteiger charge is -2.33. The summed E-state index contributed by atoms with van der Waals surface area (Å²) in [7, 11) is 0. The zero-order valence-corrected chi connectivity index (χ0v) is 12.2. The summed E-state index contributed by atoms with van der Waals surface area (Å²) in [5.74, 6) is -0.0922. The number of carbonyl (C=O) groups excluding carboxylic acids is 1. The van der Waals surface area contributed by atoms with Crippen LogP contribution in [0.3, 0.4) is 0 Å². The second kappa shape index (κ2) is 7.00. The van der Waals surface area contributed by atoms with E-state index in [0.717, 1.165) is 17.8 Å². The topological polar surface area (TPSA) is 67.4 Å². The molecular weight excluding hydrogens is 280 g/mol. The fraction of sp³-hybridized carbons (Fsp3) is 0.312. The molecule has 0 bridgehead atoms. The molecule has 0 radical (unpaired) electrons. The Morgan fingerprint density at radius 3 is 2.82 bits per heavy atom. The molecule has 1 saturated heterocycles. The van der Waals surface area contributed by atoms with E-state index < -0.39 is 6.10 Å². The summed E-state index contributed by atoms with van der Waals surface area (Å²) in [6.07, 6.45) is 4.51. The van der Waals surface area contributed by atoms with E-state index in [9.17, 15) is 4.79 Å². The van der Waals surface area contributed by atoms with Crippen LogP contribution in [-0.4, -0.2) is 41.7 Å². The molecule has 2 heterocycles. The van der Waals surface area contributed by atoms with Crippen molar-refractivity contribution in [1.29, 1.82) is 0 Å². The number of carbonyl (C=O) groups is 1. The van der Waals surface area contributed by atoms with Crippen molar-refractivity contribution in [3.05, 3.63) is 54.6 Å². The number of nitrogens with zero attached hydrogens (tertiary/aromatic N) is 3. The van der Waals surface area contributed by atoms with E-state index in [4.69, 9.17) is 4.74 Å². The van der Waals surface area contributed by atoms with E-state index in [1.54, 1.807) is 12.4 Å². The third kappa shape index (κ3) is 3.59. The van der Waals surface area contributed by atoms with Crippen LogP contribution < -0.4 is 10.2 Å². The van der Waals surface area contributed by atoms with Crippen LogP contribution in [0.5, 0.6) is 0 Å². The van der Waals surface area contributed by atoms with E-state index >= 15 is 0 Å². The van der Waals surface area contributed by atoms with E-state index in [0.29, 0.717) is 19.7 Å². The van der Waals surface area contributed by atoms with Crippen LogP contribution in [-0.2, 0) is 16.1 Å². The lowest BCUT2D eigenvalue weighted by Crippen LogP contribution is -2.49. The van der Waals surface area contributed by atoms with Gasteiger partial charge in [0.2, 0.25) is 0 Å². The second-order valence-corrected chi connectivity index (χ2v) is 5.11. The van der Waals surface area contributed by atoms with Gasteiger partial charge in [-0.05, 0) is 5.56 Å². The Bertz CT molecular complexity index is 606. The first-order chi connectivity index (χ1) is 10.8. The molecule has 1 aromatic carbocycles. The van der Waals surface area contributed by atoms with Gasteiger partial charge in [0.25, 0.3) is 5.91 Å². The van der Waals surface area contributed by atoms with Crippen LogP contribution in [0.25, 0.3) is 0 Å². The molecule has 22 heavy (non-hydrogen) atoms. The number of nitrogens with one attached hydrogen (secondary N) is 1. The summed E-state index contributed by atoms with van der Waals surface area (Å²) < 4.78 is 5.59. The molecule has 1 unspecified atom stereocenters. The Labute approximate surface area is 129 Å². The average Bonchev–Trinajstić information content (AvgIpc) is 2.61. The Morgan fingerprint density at radius 1 is 1.27 bits per heavy atom. The molecule has 1 aliphatic heterocycles. The molecule has 114 valence electrons. The highest BCUT2D eigenvalue weighted by molar-refractivity contribution is 5.81. The summed E-state index contributed by atoms with van der Waals surface area (Å²) in [5, 5.41) is 2.92. The van der Waals surface area contributed by atoms with Crippen molar-refractivity contribution in [2.45, 2.75) is 12.6 Å². The standard InChI is InChI=1S/C16H18N4O2/c21-16(19-8-13-4-2-1-3-5-13)15-11-20(6-7-22-15)14-9-17-12-18-10-14/h1-5,9-10,12,15H,6-8,11H2,(H,19,21). The Hall–Kier alpha value is -2.47. The van der Waals surface area contributed by atoms with Gasteiger partial charge in [0.15, 0.2) is 6.10 Å². The first-order valence-corrected chi connectivity index (χ1v) is 7.26. The Balaban J connectivity index is 1.56. The first-order valence-electron chi connectivity index (χ1n) is 7.26. The zero-order valence-electron chi connectivity index (χ0n) is 12.2. The van der Waals surface area contributed by atoms with Crippen molar-refractivity contribution < 1.29 is 9.53 Å². The lowest BCUT2D eigenvalue weighted by molar-refractivity contribution is -0.133. The SMILES string of the molecule is O=C(NCc1ccccc1)C1CN(c2cncnc2)CCO1. The van der Waals surface area contributed by atoms with Gasteiger partial charge in [0.1, 0.15) is 6.33 Å². The molecule has 0 saturated carbocycles. The molecule has 2 aromatic rings. The fourth-order valence-electron chi connectivity index (χ4n) is 2.40. The molecule has 1 fully saturated rings. The third-order valence-electron chi connectivity index (χ3n) is 3.58. The predicted octanol–water partition coefficient (Wildman–Crippen LogP) is 0.998. The van der Waals surface area contributed by atoms with Gasteiger partial charge in [-0.1, -0.05) is 30.3 Å². The van der Waals surface area contributed by atoms with Gasteiger partial charge >= 0.3 is 0 Å². The monoisotopic (exact) mass is 298 g/mol. The van der Waals surface area contributed by atoms with Gasteiger partial charge < -0.3 is 15.0 Å². The number of hydrogen-bond acceptors (Lipinski definition) is 5. The number of aromatic nitrogens is 2. The minimum Gasteiger partial charge on any atom is -0.365 e. The predicted molar refractivity (Wildman–Crippen MR) is 82.3 cm³/mol. The van der Waals surface area contributed by atoms with E-state index in [1.165, 1.54) is 6.33 Å². The van der Waals surface area contributed by atoms with Gasteiger partial charge in [-0.15, -0.1) is 0 Å². The molecule has 6 nitrogen and oxygen atoms in total. The first kappa shape index (κ1) is 14.5. The normalized spacial score (nSPS) is 18.0. The molecule has 1 atom stereocenters. The summed E-state index contributed by atoms with van der Waals surface area (Å²) in [4.78, 5) is 22.3. The molecule has 0 aliphatic carbocycles. The third-order valence-corrected chi connectivity index (χ3v) is 3.58. The zero-order chi connectivity index (χ0) is 15.2. The largest absolute Gasteiger partial charge is 0.365 e. The van der Waals surface area contributed by atoms with Crippen LogP contribution in [0.4, 0.5) is 5.69 Å². The number of morpholine rings is 1. The molecular formula is C16H18N4O2. The van der Waals surface area contributed by atoms with Crippen molar-refractivity contribution in [1.82, 2.24) is 15.3 Å². The highest BCUT2D eigenvalue weighted by Crippen LogP contribution is 2.15. The maximum absolute atomic E-state index is 12.3. The lowest BCUT2D eigenvalue weighted by atomic mass is 10.2. The number of anilines is 1. The van der Waals surface area contributed by atoms with Crippen molar-refractivity contribution in [3.63, 3.8) is 0 Å². The van der Waals surface area contributed by atoms with Gasteiger partial charge in [-0.3, -0.25) is 4.79 Å². The fourth-order valence-corrected chi connectivity index (χ4v) is 2.40. The van der Waals surface area contributed by atoms with Gasteiger partial charge in [0, 0.05) is 13.1 Å². The van der Waals surface area contributed by atoms with Gasteiger partial charge in [0.05, 0.1) is 31.2 Å². The number of ether oxygens (including phenoxy) is 1. The van der Waals surface area contributed by atoms with Crippen LogP contribution >= 0.6 is 0 Å². The molecule has 1 N–H and O–H groups in total. The molecule has 6 heteroatoms. The Morgan fingerprint density at radius 2 is 2.05 bits per heavy atom. The number of benzene rings is 1. The molecule has 1 aliphatic rings. The Kier molecular flexibility index (Phi) is 4.60. The van der Waals surface area contributed by atoms with Crippen LogP contribution in [0.2, 0.25) is 0 Å². The van der Waals surface area contributed by atoms with Gasteiger partial charge in [-0.25, -0.2) is 9.97 Å². The van der Waals surface area contributed by atoms with E-state index in [-0.39, 0.29) is 5.91 Å². The van der Waals surface area contributed by atoms with Crippen molar-refractivity contribution in [3.8, 4) is 0 Å². The second-order valence-electron chi connectivity index (χ2n) is 5.11. The molecule has 0 spiro atoms. The number of hydrogen-bond donors (Lipinski definition) is 1. The summed E-state index contributed by atoms with van der Waals surface area (Å²) in [6, 6.07) is 9.83. The molecule has 1 aromatic heterocycles. The highest BCUT2D eigenvalue weighted by atomic mass is 16.5. The number of amides is 1. The van der Waals surface area contributed by atoms with E-state index in [2.05, 4.69) is 20.2 Å². The number of rotatable bonds is 4.